The van der Waals surface area contributed by atoms with Crippen LogP contribution in [0.25, 0.3) is 0 Å². The summed E-state index contributed by atoms with van der Waals surface area (Å²) >= 11 is 6.02. The number of benzene rings is 2. The van der Waals surface area contributed by atoms with Gasteiger partial charge in [0.1, 0.15) is 4.90 Å². The molecule has 0 aromatic heterocycles. The predicted octanol–water partition coefficient (Wildman–Crippen LogP) is 3.63. The number of carbonyl (C=O) groups is 1. The first-order chi connectivity index (χ1) is 14.9. The molecule has 32 heavy (non-hydrogen) atoms. The van der Waals surface area contributed by atoms with Gasteiger partial charge in [0.2, 0.25) is 10.0 Å². The molecule has 2 aromatic rings. The molecule has 7 nitrogen and oxygen atoms in total. The monoisotopic (exact) mass is 500 g/mol. The lowest BCUT2D eigenvalue weighted by Crippen LogP contribution is -2.36. The first-order valence-corrected chi connectivity index (χ1v) is 12.0. The zero-order valence-electron chi connectivity index (χ0n) is 17.9. The number of ketones is 1. The number of hydrogen-bond donors (Lipinski definition) is 1. The summed E-state index contributed by atoms with van der Waals surface area (Å²) in [4.78, 5) is 15.1. The van der Waals surface area contributed by atoms with Crippen LogP contribution in [0.4, 0.5) is 0 Å². The molecule has 1 N–H and O–H groups in total. The van der Waals surface area contributed by atoms with E-state index in [1.54, 1.807) is 32.4 Å². The summed E-state index contributed by atoms with van der Waals surface area (Å²) in [5.74, 6) is 1.15. The van der Waals surface area contributed by atoms with Gasteiger partial charge >= 0.3 is 0 Å². The minimum absolute atomic E-state index is 0. The van der Waals surface area contributed by atoms with Crippen LogP contribution in [0, 0.1) is 0 Å². The molecule has 1 heterocycles. The highest BCUT2D eigenvalue weighted by molar-refractivity contribution is 7.89. The molecule has 0 spiro atoms. The van der Waals surface area contributed by atoms with Crippen molar-refractivity contribution >= 4 is 39.8 Å². The number of methoxy groups -OCH3 is 2. The fraction of sp³-hybridized carbons (Fsp3) is 0.409. The normalized spacial score (nSPS) is 17.6. The van der Waals surface area contributed by atoms with Crippen LogP contribution in [0.5, 0.6) is 11.5 Å². The average Bonchev–Trinajstić information content (AvgIpc) is 3.10. The number of halogens is 2. The summed E-state index contributed by atoms with van der Waals surface area (Å²) in [5.41, 5.74) is 2.79. The number of Topliss-reactive ketones (excluding diaryl/α,β-unsaturated/α-hetero) is 1. The van der Waals surface area contributed by atoms with Crippen LogP contribution in [-0.2, 0) is 16.4 Å². The number of nitrogens with zero attached hydrogens (tertiary/aromatic N) is 1. The Morgan fingerprint density at radius 3 is 2.66 bits per heavy atom. The molecular weight excluding hydrogens is 475 g/mol. The van der Waals surface area contributed by atoms with Crippen molar-refractivity contribution in [2.45, 2.75) is 30.2 Å². The third-order valence-electron chi connectivity index (χ3n) is 5.94. The highest BCUT2D eigenvalue weighted by Crippen LogP contribution is 2.48. The van der Waals surface area contributed by atoms with Crippen LogP contribution in [-0.4, -0.2) is 53.0 Å². The van der Waals surface area contributed by atoms with Crippen LogP contribution in [0.3, 0.4) is 0 Å². The van der Waals surface area contributed by atoms with Crippen molar-refractivity contribution in [1.29, 1.82) is 0 Å². The number of carbonyl (C=O) groups excluding carboxylic acids is 1. The van der Waals surface area contributed by atoms with Crippen molar-refractivity contribution in [2.75, 3.05) is 33.9 Å². The van der Waals surface area contributed by atoms with Crippen LogP contribution in [0.15, 0.2) is 35.2 Å². The quantitative estimate of drug-likeness (QED) is 0.557. The van der Waals surface area contributed by atoms with E-state index in [-0.39, 0.29) is 40.7 Å². The third-order valence-corrected chi connectivity index (χ3v) is 7.90. The number of sulfonamides is 1. The van der Waals surface area contributed by atoms with Gasteiger partial charge in [0, 0.05) is 32.1 Å². The Kier molecular flexibility index (Phi) is 7.73. The fourth-order valence-electron chi connectivity index (χ4n) is 4.53. The maximum atomic E-state index is 12.8. The maximum Gasteiger partial charge on any atom is 0.242 e. The highest BCUT2D eigenvalue weighted by Gasteiger charge is 2.41. The van der Waals surface area contributed by atoms with Crippen molar-refractivity contribution in [3.8, 4) is 11.5 Å². The number of ether oxygens (including phenoxy) is 2. The van der Waals surface area contributed by atoms with Crippen molar-refractivity contribution in [1.82, 2.24) is 9.62 Å². The molecular formula is C22H26Cl2N2O5S. The largest absolute Gasteiger partial charge is 0.493 e. The van der Waals surface area contributed by atoms with E-state index in [2.05, 4.69) is 9.62 Å². The summed E-state index contributed by atoms with van der Waals surface area (Å²) in [6.45, 7) is 1.77. The smallest absolute Gasteiger partial charge is 0.242 e. The second-order valence-electron chi connectivity index (χ2n) is 7.67. The molecule has 2 aliphatic rings. The number of hydrogen-bond acceptors (Lipinski definition) is 6. The topological polar surface area (TPSA) is 84.9 Å². The first-order valence-electron chi connectivity index (χ1n) is 10.2. The summed E-state index contributed by atoms with van der Waals surface area (Å²) in [7, 11) is -0.537. The molecule has 10 heteroatoms. The number of rotatable bonds is 8. The Labute approximate surface area is 199 Å². The standard InChI is InChI=1S/C22H25ClN2O5S.ClH/c1-29-18-12-14-8-11-25(16-13-17(26)21(20(14)16)22(18)30-2)10-5-9-24-31(27,28)19-7-4-3-6-15(19)23;/h3-4,6-7,12,16,24H,5,8-11,13H2,1-2H3;1H. The molecule has 0 fully saturated rings. The van der Waals surface area contributed by atoms with Crippen LogP contribution < -0.4 is 14.2 Å². The van der Waals surface area contributed by atoms with Crippen LogP contribution in [0.2, 0.25) is 5.02 Å². The summed E-state index contributed by atoms with van der Waals surface area (Å²) in [6, 6.07) is 8.34. The van der Waals surface area contributed by atoms with E-state index in [9.17, 15) is 13.2 Å². The Morgan fingerprint density at radius 1 is 1.22 bits per heavy atom. The minimum atomic E-state index is -3.66. The van der Waals surface area contributed by atoms with Crippen molar-refractivity contribution in [2.24, 2.45) is 0 Å². The second-order valence-corrected chi connectivity index (χ2v) is 9.81. The highest BCUT2D eigenvalue weighted by atomic mass is 35.5. The zero-order valence-corrected chi connectivity index (χ0v) is 20.3. The van der Waals surface area contributed by atoms with E-state index in [0.717, 1.165) is 24.1 Å². The molecule has 2 aromatic carbocycles. The van der Waals surface area contributed by atoms with Gasteiger partial charge in [-0.1, -0.05) is 23.7 Å². The van der Waals surface area contributed by atoms with Gasteiger partial charge in [-0.25, -0.2) is 13.1 Å². The van der Waals surface area contributed by atoms with E-state index in [4.69, 9.17) is 21.1 Å². The zero-order chi connectivity index (χ0) is 22.2. The van der Waals surface area contributed by atoms with Gasteiger partial charge in [-0.3, -0.25) is 9.69 Å². The van der Waals surface area contributed by atoms with E-state index < -0.39 is 10.0 Å². The Morgan fingerprint density at radius 2 is 1.97 bits per heavy atom. The van der Waals surface area contributed by atoms with Gasteiger partial charge in [-0.15, -0.1) is 12.4 Å². The first kappa shape index (κ1) is 24.8. The van der Waals surface area contributed by atoms with Gasteiger partial charge in [0.25, 0.3) is 0 Å². The molecule has 1 aliphatic carbocycles. The molecule has 174 valence electrons. The average molecular weight is 501 g/mol. The molecule has 0 bridgehead atoms. The number of nitrogens with one attached hydrogen (secondary N) is 1. The summed E-state index contributed by atoms with van der Waals surface area (Å²) in [5, 5.41) is 0.198. The lowest BCUT2D eigenvalue weighted by molar-refractivity contribution is 0.0947. The predicted molar refractivity (Wildman–Crippen MR) is 125 cm³/mol. The van der Waals surface area contributed by atoms with E-state index in [0.29, 0.717) is 36.4 Å². The molecule has 0 radical (unpaired) electrons. The summed E-state index contributed by atoms with van der Waals surface area (Å²) < 4.78 is 38.5. The molecule has 0 saturated heterocycles. The van der Waals surface area contributed by atoms with E-state index in [1.165, 1.54) is 6.07 Å². The molecule has 1 aliphatic heterocycles. The van der Waals surface area contributed by atoms with E-state index in [1.807, 2.05) is 6.07 Å². The molecule has 0 amide bonds. The molecule has 4 rings (SSSR count). The Hall–Kier alpha value is -1.84. The lowest BCUT2D eigenvalue weighted by Gasteiger charge is -2.35. The van der Waals surface area contributed by atoms with Crippen molar-refractivity contribution in [3.63, 3.8) is 0 Å². The van der Waals surface area contributed by atoms with Crippen LogP contribution in [0.1, 0.15) is 40.4 Å². The minimum Gasteiger partial charge on any atom is -0.493 e. The SMILES string of the molecule is COc1cc2c3c(c1OC)C(=O)CC3N(CCCNS(=O)(=O)c1ccccc1Cl)CC2.Cl. The Bertz CT molecular complexity index is 1120. The van der Waals surface area contributed by atoms with Gasteiger partial charge in [-0.2, -0.15) is 0 Å². The molecule has 1 atom stereocenters. The maximum absolute atomic E-state index is 12.8. The fourth-order valence-corrected chi connectivity index (χ4v) is 6.13. The van der Waals surface area contributed by atoms with Gasteiger partial charge in [0.15, 0.2) is 17.3 Å². The van der Waals surface area contributed by atoms with Gasteiger partial charge < -0.3 is 9.47 Å². The van der Waals surface area contributed by atoms with E-state index >= 15 is 0 Å². The second kappa shape index (κ2) is 9.97. The molecule has 0 saturated carbocycles. The van der Waals surface area contributed by atoms with Crippen molar-refractivity contribution < 1.29 is 22.7 Å². The lowest BCUT2D eigenvalue weighted by atomic mass is 9.92. The van der Waals surface area contributed by atoms with Gasteiger partial charge in [-0.05, 0) is 42.2 Å². The third kappa shape index (κ3) is 4.47. The van der Waals surface area contributed by atoms with Crippen molar-refractivity contribution in [3.05, 3.63) is 52.0 Å². The molecule has 1 unspecified atom stereocenters. The summed E-state index contributed by atoms with van der Waals surface area (Å²) in [6.07, 6.45) is 1.82. The van der Waals surface area contributed by atoms with Gasteiger partial charge in [0.05, 0.1) is 24.8 Å². The Balaban J connectivity index is 0.00000289. The van der Waals surface area contributed by atoms with Crippen LogP contribution >= 0.6 is 24.0 Å².